The van der Waals surface area contributed by atoms with E-state index < -0.39 is 11.9 Å². The van der Waals surface area contributed by atoms with E-state index in [0.717, 1.165) is 14.0 Å². The zero-order valence-electron chi connectivity index (χ0n) is 9.36. The van der Waals surface area contributed by atoms with Crippen molar-refractivity contribution in [1.82, 2.24) is 4.90 Å². The van der Waals surface area contributed by atoms with Gasteiger partial charge in [-0.1, -0.05) is 0 Å². The summed E-state index contributed by atoms with van der Waals surface area (Å²) in [5.41, 5.74) is 0.595. The Morgan fingerprint density at radius 2 is 2.17 bits per heavy atom. The van der Waals surface area contributed by atoms with Gasteiger partial charge in [0.15, 0.2) is 0 Å². The molecule has 1 saturated heterocycles. The van der Waals surface area contributed by atoms with Crippen LogP contribution in [0.2, 0.25) is 0 Å². The van der Waals surface area contributed by atoms with Gasteiger partial charge in [0.2, 0.25) is 0 Å². The van der Waals surface area contributed by atoms with Crippen molar-refractivity contribution < 1.29 is 14.7 Å². The number of aliphatic carboxylic acids is 1. The topological polar surface area (TPSA) is 57.6 Å². The van der Waals surface area contributed by atoms with Crippen molar-refractivity contribution in [3.8, 4) is 0 Å². The molecule has 0 bridgehead atoms. The van der Waals surface area contributed by atoms with Crippen molar-refractivity contribution in [3.63, 3.8) is 0 Å². The summed E-state index contributed by atoms with van der Waals surface area (Å²) >= 11 is 8.13. The van der Waals surface area contributed by atoms with Crippen molar-refractivity contribution in [2.75, 3.05) is 13.1 Å². The van der Waals surface area contributed by atoms with Gasteiger partial charge in [0.1, 0.15) is 0 Å². The Hall–Kier alpha value is -0.400. The fourth-order valence-corrected chi connectivity index (χ4v) is 4.80. The lowest BCUT2D eigenvalue weighted by Gasteiger charge is -2.30. The zero-order valence-corrected chi connectivity index (χ0v) is 13.3. The minimum Gasteiger partial charge on any atom is -0.481 e. The number of carbonyl (C=O) groups is 2. The molecule has 18 heavy (non-hydrogen) atoms. The largest absolute Gasteiger partial charge is 0.481 e. The van der Waals surface area contributed by atoms with Crippen molar-refractivity contribution in [1.29, 1.82) is 0 Å². The van der Waals surface area contributed by atoms with Crippen molar-refractivity contribution in [3.05, 3.63) is 19.2 Å². The molecule has 98 valence electrons. The second kappa shape index (κ2) is 5.71. The molecule has 1 atom stereocenters. The highest BCUT2D eigenvalue weighted by Crippen LogP contribution is 2.33. The molecule has 4 nitrogen and oxygen atoms in total. The van der Waals surface area contributed by atoms with E-state index in [-0.39, 0.29) is 5.91 Å². The number of hydrogen-bond acceptors (Lipinski definition) is 3. The minimum atomic E-state index is -0.821. The number of carboxylic acid groups (broad SMARTS) is 1. The van der Waals surface area contributed by atoms with E-state index in [2.05, 4.69) is 31.9 Å². The molecule has 1 amide bonds. The van der Waals surface area contributed by atoms with Crippen LogP contribution in [-0.4, -0.2) is 35.0 Å². The molecule has 0 radical (unpaired) electrons. The van der Waals surface area contributed by atoms with Crippen LogP contribution < -0.4 is 0 Å². The van der Waals surface area contributed by atoms with Crippen LogP contribution in [0.5, 0.6) is 0 Å². The van der Waals surface area contributed by atoms with Crippen LogP contribution in [0.1, 0.15) is 23.2 Å². The van der Waals surface area contributed by atoms with Crippen molar-refractivity contribution >= 4 is 55.1 Å². The monoisotopic (exact) mass is 395 g/mol. The third-order valence-corrected chi connectivity index (χ3v) is 5.28. The van der Waals surface area contributed by atoms with Crippen LogP contribution >= 0.6 is 43.2 Å². The number of piperidine rings is 1. The number of likely N-dealkylation sites (tertiary alicyclic amines) is 1. The summed E-state index contributed by atoms with van der Waals surface area (Å²) in [6.45, 7) is 0.927. The van der Waals surface area contributed by atoms with Gasteiger partial charge >= 0.3 is 5.97 Å². The fraction of sp³-hybridized carbons (Fsp3) is 0.455. The van der Waals surface area contributed by atoms with Gasteiger partial charge in [0.05, 0.1) is 19.1 Å². The van der Waals surface area contributed by atoms with Crippen LogP contribution in [0.15, 0.2) is 13.6 Å². The van der Waals surface area contributed by atoms with Gasteiger partial charge in [-0.25, -0.2) is 0 Å². The Labute approximate surface area is 125 Å². The van der Waals surface area contributed by atoms with Crippen molar-refractivity contribution in [2.24, 2.45) is 5.92 Å². The van der Waals surface area contributed by atoms with Gasteiger partial charge in [-0.05, 0) is 50.8 Å². The quantitative estimate of drug-likeness (QED) is 0.834. The third kappa shape index (κ3) is 2.95. The van der Waals surface area contributed by atoms with E-state index in [9.17, 15) is 9.59 Å². The number of hydrogen-bond donors (Lipinski definition) is 1. The molecule has 7 heteroatoms. The molecule has 0 spiro atoms. The normalized spacial score (nSPS) is 19.9. The van der Waals surface area contributed by atoms with Gasteiger partial charge in [-0.3, -0.25) is 9.59 Å². The maximum atomic E-state index is 12.3. The second-order valence-electron chi connectivity index (χ2n) is 4.17. The number of carbonyl (C=O) groups excluding carboxylic acids is 1. The van der Waals surface area contributed by atoms with E-state index in [1.807, 2.05) is 0 Å². The predicted octanol–water partition coefficient (Wildman–Crippen LogP) is 3.21. The molecule has 0 saturated carbocycles. The number of nitrogens with zero attached hydrogens (tertiary/aromatic N) is 1. The lowest BCUT2D eigenvalue weighted by Crippen LogP contribution is -2.42. The van der Waals surface area contributed by atoms with Crippen LogP contribution in [-0.2, 0) is 4.79 Å². The molecular weight excluding hydrogens is 386 g/mol. The van der Waals surface area contributed by atoms with Crippen LogP contribution in [0.4, 0.5) is 0 Å². The Bertz CT molecular complexity index is 489. The first-order valence-corrected chi connectivity index (χ1v) is 7.86. The summed E-state index contributed by atoms with van der Waals surface area (Å²) in [6.07, 6.45) is 1.39. The lowest BCUT2D eigenvalue weighted by molar-refractivity contribution is -0.143. The molecule has 1 fully saturated rings. The highest BCUT2D eigenvalue weighted by Gasteiger charge is 2.29. The van der Waals surface area contributed by atoms with Crippen LogP contribution in [0.25, 0.3) is 0 Å². The Morgan fingerprint density at radius 3 is 2.72 bits per heavy atom. The summed E-state index contributed by atoms with van der Waals surface area (Å²) in [6, 6.07) is 1.77. The first-order valence-electron chi connectivity index (χ1n) is 5.46. The Morgan fingerprint density at radius 1 is 1.44 bits per heavy atom. The summed E-state index contributed by atoms with van der Waals surface area (Å²) < 4.78 is 1.65. The molecular formula is C11H11Br2NO3S. The number of amides is 1. The molecule has 2 rings (SSSR count). The molecule has 1 aromatic heterocycles. The standard InChI is InChI=1S/C11H11Br2NO3S/c12-8-4-7(9(13)18-8)10(15)14-3-1-2-6(5-14)11(16)17/h4,6H,1-3,5H2,(H,16,17)/t6-/m1/s1. The maximum absolute atomic E-state index is 12.3. The molecule has 1 aromatic rings. The van der Waals surface area contributed by atoms with E-state index >= 15 is 0 Å². The predicted molar refractivity (Wildman–Crippen MR) is 76.0 cm³/mol. The maximum Gasteiger partial charge on any atom is 0.308 e. The summed E-state index contributed by atoms with van der Waals surface area (Å²) in [5, 5.41) is 9.01. The Kier molecular flexibility index (Phi) is 4.45. The van der Waals surface area contributed by atoms with Gasteiger partial charge in [-0.2, -0.15) is 0 Å². The number of carboxylic acids is 1. The van der Waals surface area contributed by atoms with Crippen molar-refractivity contribution in [2.45, 2.75) is 12.8 Å². The lowest BCUT2D eigenvalue weighted by atomic mass is 9.98. The van der Waals surface area contributed by atoms with E-state index in [0.29, 0.717) is 25.1 Å². The highest BCUT2D eigenvalue weighted by molar-refractivity contribution is 9.12. The van der Waals surface area contributed by atoms with Gasteiger partial charge < -0.3 is 10.0 Å². The number of halogens is 2. The molecule has 2 heterocycles. The number of thiophene rings is 1. The van der Waals surface area contributed by atoms with Gasteiger partial charge in [-0.15, -0.1) is 11.3 Å². The number of rotatable bonds is 2. The molecule has 1 aliphatic rings. The molecule has 0 aliphatic carbocycles. The average molecular weight is 397 g/mol. The van der Waals surface area contributed by atoms with E-state index in [1.165, 1.54) is 11.3 Å². The van der Waals surface area contributed by atoms with Crippen LogP contribution in [0.3, 0.4) is 0 Å². The fourth-order valence-electron chi connectivity index (χ4n) is 2.02. The highest BCUT2D eigenvalue weighted by atomic mass is 79.9. The second-order valence-corrected chi connectivity index (χ2v) is 7.92. The van der Waals surface area contributed by atoms with E-state index in [1.54, 1.807) is 11.0 Å². The summed E-state index contributed by atoms with van der Waals surface area (Å²) in [7, 11) is 0. The van der Waals surface area contributed by atoms with E-state index in [4.69, 9.17) is 5.11 Å². The molecule has 1 N–H and O–H groups in total. The first-order chi connectivity index (χ1) is 8.49. The summed E-state index contributed by atoms with van der Waals surface area (Å²) in [5.74, 6) is -1.36. The Balaban J connectivity index is 2.14. The summed E-state index contributed by atoms with van der Waals surface area (Å²) in [4.78, 5) is 24.9. The molecule has 0 aromatic carbocycles. The minimum absolute atomic E-state index is 0.102. The van der Waals surface area contributed by atoms with Crippen LogP contribution in [0, 0.1) is 5.92 Å². The molecule has 1 aliphatic heterocycles. The van der Waals surface area contributed by atoms with Gasteiger partial charge in [0, 0.05) is 13.1 Å². The SMILES string of the molecule is O=C(O)[C@@H]1CCCN(C(=O)c2cc(Br)sc2Br)C1. The third-order valence-electron chi connectivity index (χ3n) is 2.94. The zero-order chi connectivity index (χ0) is 13.3. The first kappa shape index (κ1) is 14.0. The smallest absolute Gasteiger partial charge is 0.308 e. The molecule has 0 unspecified atom stereocenters. The van der Waals surface area contributed by atoms with Gasteiger partial charge in [0.25, 0.3) is 5.91 Å². The average Bonchev–Trinajstić information content (AvgIpc) is 2.67.